The summed E-state index contributed by atoms with van der Waals surface area (Å²) in [7, 11) is 0. The van der Waals surface area contributed by atoms with E-state index in [1.54, 1.807) is 6.21 Å². The van der Waals surface area contributed by atoms with E-state index in [0.717, 1.165) is 12.8 Å². The van der Waals surface area contributed by atoms with E-state index >= 15 is 0 Å². The van der Waals surface area contributed by atoms with Gasteiger partial charge in [-0.3, -0.25) is 5.43 Å². The number of para-hydroxylation sites is 1. The number of hydrogen-bond donors (Lipinski definition) is 2. The molecule has 0 spiro atoms. The molecule has 0 radical (unpaired) electrons. The van der Waals surface area contributed by atoms with Crippen LogP contribution in [0.2, 0.25) is 0 Å². The molecule has 0 aromatic heterocycles. The predicted molar refractivity (Wildman–Crippen MR) is 91.2 cm³/mol. The second-order valence-electron chi connectivity index (χ2n) is 3.56. The molecule has 5 heteroatoms. The minimum absolute atomic E-state index is 0.259. The molecular weight excluding hydrogens is 454 g/mol. The molecule has 0 aliphatic rings. The summed E-state index contributed by atoms with van der Waals surface area (Å²) >= 11 is 4.32. The van der Waals surface area contributed by atoms with Crippen molar-refractivity contribution in [2.45, 2.75) is 0 Å². The third kappa shape index (κ3) is 3.58. The number of nitrogens with one attached hydrogen (secondary N) is 1. The standard InChI is InChI=1S/C13H10I2N2O/c14-10-6-9(13(18)12(15)7-10)8-16-17-11-4-2-1-3-5-11/h1-8,17-18H/b16-8-. The smallest absolute Gasteiger partial charge is 0.137 e. The van der Waals surface area contributed by atoms with E-state index in [1.165, 1.54) is 0 Å². The Morgan fingerprint density at radius 3 is 2.56 bits per heavy atom. The lowest BCUT2D eigenvalue weighted by Gasteiger charge is -2.03. The van der Waals surface area contributed by atoms with Crippen molar-refractivity contribution < 1.29 is 5.11 Å². The highest BCUT2D eigenvalue weighted by Crippen LogP contribution is 2.25. The van der Waals surface area contributed by atoms with Crippen LogP contribution in [0.4, 0.5) is 5.69 Å². The fourth-order valence-electron chi connectivity index (χ4n) is 1.37. The maximum atomic E-state index is 9.89. The molecule has 0 bridgehead atoms. The van der Waals surface area contributed by atoms with Crippen LogP contribution in [0.1, 0.15) is 5.56 Å². The van der Waals surface area contributed by atoms with Crippen LogP contribution in [0.3, 0.4) is 0 Å². The fourth-order valence-corrected chi connectivity index (χ4v) is 3.26. The van der Waals surface area contributed by atoms with Gasteiger partial charge >= 0.3 is 0 Å². The molecule has 18 heavy (non-hydrogen) atoms. The zero-order valence-corrected chi connectivity index (χ0v) is 13.6. The van der Waals surface area contributed by atoms with Crippen molar-refractivity contribution in [1.29, 1.82) is 0 Å². The summed E-state index contributed by atoms with van der Waals surface area (Å²) in [5, 5.41) is 14.0. The van der Waals surface area contributed by atoms with E-state index in [0.29, 0.717) is 5.56 Å². The fraction of sp³-hybridized carbons (Fsp3) is 0. The average Bonchev–Trinajstić information content (AvgIpc) is 2.36. The Kier molecular flexibility index (Phi) is 4.81. The van der Waals surface area contributed by atoms with E-state index in [-0.39, 0.29) is 5.75 Å². The Labute approximate surface area is 133 Å². The third-order valence-corrected chi connectivity index (χ3v) is 3.67. The monoisotopic (exact) mass is 464 g/mol. The second-order valence-corrected chi connectivity index (χ2v) is 5.97. The molecule has 2 rings (SSSR count). The van der Waals surface area contributed by atoms with Crippen molar-refractivity contribution in [3.63, 3.8) is 0 Å². The van der Waals surface area contributed by atoms with Crippen LogP contribution in [0.25, 0.3) is 0 Å². The number of phenolic OH excluding ortho intramolecular Hbond substituents is 1. The Balaban J connectivity index is 2.15. The summed E-state index contributed by atoms with van der Waals surface area (Å²) in [6, 6.07) is 13.5. The minimum Gasteiger partial charge on any atom is -0.506 e. The predicted octanol–water partition coefficient (Wildman–Crippen LogP) is 4.05. The van der Waals surface area contributed by atoms with Crippen molar-refractivity contribution in [3.8, 4) is 5.75 Å². The summed E-state index contributed by atoms with van der Waals surface area (Å²) in [5.74, 6) is 0.259. The third-order valence-electron chi connectivity index (χ3n) is 2.23. The van der Waals surface area contributed by atoms with Crippen LogP contribution < -0.4 is 5.43 Å². The molecule has 0 saturated heterocycles. The number of halogens is 2. The van der Waals surface area contributed by atoms with Crippen LogP contribution >= 0.6 is 45.2 Å². The number of aromatic hydroxyl groups is 1. The van der Waals surface area contributed by atoms with Gasteiger partial charge in [-0.1, -0.05) is 18.2 Å². The molecule has 0 aliphatic carbocycles. The molecule has 0 heterocycles. The highest BCUT2D eigenvalue weighted by molar-refractivity contribution is 14.1. The van der Waals surface area contributed by atoms with Gasteiger partial charge in [0.2, 0.25) is 0 Å². The quantitative estimate of drug-likeness (QED) is 0.410. The first-order valence-electron chi connectivity index (χ1n) is 5.19. The highest BCUT2D eigenvalue weighted by Gasteiger charge is 2.04. The summed E-state index contributed by atoms with van der Waals surface area (Å²) in [4.78, 5) is 0. The summed E-state index contributed by atoms with van der Waals surface area (Å²) in [6.45, 7) is 0. The molecule has 2 aromatic rings. The van der Waals surface area contributed by atoms with E-state index < -0.39 is 0 Å². The number of anilines is 1. The molecule has 0 unspecified atom stereocenters. The zero-order chi connectivity index (χ0) is 13.0. The molecule has 0 aliphatic heterocycles. The van der Waals surface area contributed by atoms with E-state index in [9.17, 15) is 5.11 Å². The molecule has 0 amide bonds. The van der Waals surface area contributed by atoms with E-state index in [1.807, 2.05) is 42.5 Å². The maximum absolute atomic E-state index is 9.89. The highest BCUT2D eigenvalue weighted by atomic mass is 127. The van der Waals surface area contributed by atoms with Gasteiger partial charge in [-0.15, -0.1) is 0 Å². The number of phenols is 1. The molecule has 92 valence electrons. The van der Waals surface area contributed by atoms with Crippen molar-refractivity contribution in [3.05, 3.63) is 55.2 Å². The summed E-state index contributed by atoms with van der Waals surface area (Å²) in [6.07, 6.45) is 1.62. The number of benzene rings is 2. The lowest BCUT2D eigenvalue weighted by molar-refractivity contribution is 0.470. The Morgan fingerprint density at radius 2 is 1.83 bits per heavy atom. The maximum Gasteiger partial charge on any atom is 0.137 e. The molecule has 0 fully saturated rings. The molecule has 3 nitrogen and oxygen atoms in total. The van der Waals surface area contributed by atoms with Crippen LogP contribution in [0.15, 0.2) is 47.6 Å². The van der Waals surface area contributed by atoms with Gasteiger partial charge in [0, 0.05) is 9.13 Å². The topological polar surface area (TPSA) is 44.6 Å². The molecule has 0 saturated carbocycles. The van der Waals surface area contributed by atoms with Crippen LogP contribution in [0, 0.1) is 7.14 Å². The zero-order valence-electron chi connectivity index (χ0n) is 9.27. The van der Waals surface area contributed by atoms with Crippen LogP contribution in [-0.4, -0.2) is 11.3 Å². The number of hydrogen-bond acceptors (Lipinski definition) is 3. The number of hydrazone groups is 1. The largest absolute Gasteiger partial charge is 0.506 e. The van der Waals surface area contributed by atoms with Crippen LogP contribution in [0.5, 0.6) is 5.75 Å². The van der Waals surface area contributed by atoms with E-state index in [2.05, 4.69) is 55.7 Å². The molecular formula is C13H10I2N2O. The van der Waals surface area contributed by atoms with Gasteiger partial charge in [0.1, 0.15) is 5.75 Å². The van der Waals surface area contributed by atoms with Crippen molar-refractivity contribution in [1.82, 2.24) is 0 Å². The first kappa shape index (κ1) is 13.6. The van der Waals surface area contributed by atoms with Gasteiger partial charge in [-0.2, -0.15) is 5.10 Å². The number of nitrogens with zero attached hydrogens (tertiary/aromatic N) is 1. The van der Waals surface area contributed by atoms with E-state index in [4.69, 9.17) is 0 Å². The second kappa shape index (κ2) is 6.37. The lowest BCUT2D eigenvalue weighted by Crippen LogP contribution is -1.92. The molecule has 0 atom stereocenters. The normalized spacial score (nSPS) is 10.8. The Hall–Kier alpha value is -0.830. The van der Waals surface area contributed by atoms with Gasteiger partial charge in [0.15, 0.2) is 0 Å². The van der Waals surface area contributed by atoms with Gasteiger partial charge < -0.3 is 5.11 Å². The lowest BCUT2D eigenvalue weighted by atomic mass is 10.2. The molecule has 2 N–H and O–H groups in total. The van der Waals surface area contributed by atoms with Crippen molar-refractivity contribution >= 4 is 57.1 Å². The Bertz CT molecular complexity index is 571. The summed E-state index contributed by atoms with van der Waals surface area (Å²) < 4.78 is 1.89. The first-order chi connectivity index (χ1) is 8.66. The van der Waals surface area contributed by atoms with Gasteiger partial charge in [-0.05, 0) is 69.4 Å². The van der Waals surface area contributed by atoms with Gasteiger partial charge in [0.05, 0.1) is 15.5 Å². The van der Waals surface area contributed by atoms with Gasteiger partial charge in [0.25, 0.3) is 0 Å². The summed E-state index contributed by atoms with van der Waals surface area (Å²) in [5.41, 5.74) is 4.53. The average molecular weight is 464 g/mol. The number of rotatable bonds is 3. The SMILES string of the molecule is Oc1c(I)cc(I)cc1/C=N\Nc1ccccc1. The molecule has 2 aromatic carbocycles. The van der Waals surface area contributed by atoms with Crippen molar-refractivity contribution in [2.24, 2.45) is 5.10 Å². The minimum atomic E-state index is 0.259. The first-order valence-corrected chi connectivity index (χ1v) is 7.34. The van der Waals surface area contributed by atoms with Crippen LogP contribution in [-0.2, 0) is 0 Å². The van der Waals surface area contributed by atoms with Crippen molar-refractivity contribution in [2.75, 3.05) is 5.43 Å². The Morgan fingerprint density at radius 1 is 1.11 bits per heavy atom. The van der Waals surface area contributed by atoms with Gasteiger partial charge in [-0.25, -0.2) is 0 Å².